The number of hydrogen-bond acceptors (Lipinski definition) is 3. The molecule has 0 saturated carbocycles. The molecule has 0 fully saturated rings. The number of hydrogen-bond donors (Lipinski definition) is 0. The summed E-state index contributed by atoms with van der Waals surface area (Å²) in [6.45, 7) is 4.00. The third kappa shape index (κ3) is 2.15. The van der Waals surface area contributed by atoms with Gasteiger partial charge >= 0.3 is 0 Å². The summed E-state index contributed by atoms with van der Waals surface area (Å²) < 4.78 is 4.51. The summed E-state index contributed by atoms with van der Waals surface area (Å²) in [6.07, 6.45) is 9.05. The second-order valence-electron chi connectivity index (χ2n) is 3.48. The molecule has 6 heteroatoms. The van der Waals surface area contributed by atoms with Crippen LogP contribution in [0.4, 0.5) is 0 Å². The van der Waals surface area contributed by atoms with Crippen molar-refractivity contribution in [3.63, 3.8) is 0 Å². The Morgan fingerprint density at radius 2 is 1.83 bits per heavy atom. The topological polar surface area (TPSA) is 48.5 Å². The van der Waals surface area contributed by atoms with Crippen LogP contribution in [-0.2, 0) is 7.05 Å². The van der Waals surface area contributed by atoms with Crippen molar-refractivity contribution >= 4 is 26.8 Å². The number of nitrogens with zero attached hydrogens (tertiary/aromatic N) is 5. The van der Waals surface area contributed by atoms with Crippen LogP contribution in [0.2, 0.25) is 0 Å². The normalized spacial score (nSPS) is 10.2. The van der Waals surface area contributed by atoms with Gasteiger partial charge in [0.15, 0.2) is 0 Å². The minimum atomic E-state index is 0.928. The lowest BCUT2D eigenvalue weighted by Crippen LogP contribution is -1.94. The summed E-state index contributed by atoms with van der Waals surface area (Å²) in [7, 11) is 1.88. The Hall–Kier alpha value is -1.69. The van der Waals surface area contributed by atoms with Gasteiger partial charge in [-0.3, -0.25) is 9.67 Å². The molecule has 0 aromatic carbocycles. The first-order chi connectivity index (χ1) is 8.75. The fourth-order valence-electron chi connectivity index (χ4n) is 1.63. The predicted octanol–water partition coefficient (Wildman–Crippen LogP) is 2.94. The molecule has 0 aliphatic heterocycles. The lowest BCUT2D eigenvalue weighted by Gasteiger charge is -1.98. The summed E-state index contributed by atoms with van der Waals surface area (Å²) in [6, 6.07) is 0. The standard InChI is InChI=1S/C10H8BrN5.C2H6/c1-15-6-7(2-13-15)16-10-5-12-4-9(11)8(10)3-14-16;1-2/h2-6H,1H3;1-2H3. The van der Waals surface area contributed by atoms with Crippen molar-refractivity contribution in [2.75, 3.05) is 0 Å². The van der Waals surface area contributed by atoms with Gasteiger partial charge in [-0.15, -0.1) is 0 Å². The van der Waals surface area contributed by atoms with E-state index in [1.807, 2.05) is 38.0 Å². The van der Waals surface area contributed by atoms with Crippen molar-refractivity contribution in [1.82, 2.24) is 24.5 Å². The molecule has 0 atom stereocenters. The van der Waals surface area contributed by atoms with E-state index in [1.165, 1.54) is 0 Å². The molecule has 0 bridgehead atoms. The average Bonchev–Trinajstić information content (AvgIpc) is 2.98. The highest BCUT2D eigenvalue weighted by molar-refractivity contribution is 9.10. The zero-order chi connectivity index (χ0) is 13.1. The van der Waals surface area contributed by atoms with Crippen LogP contribution in [-0.4, -0.2) is 24.5 Å². The monoisotopic (exact) mass is 307 g/mol. The van der Waals surface area contributed by atoms with Crippen molar-refractivity contribution < 1.29 is 0 Å². The molecule has 0 radical (unpaired) electrons. The smallest absolute Gasteiger partial charge is 0.103 e. The van der Waals surface area contributed by atoms with Crippen LogP contribution < -0.4 is 0 Å². The molecule has 5 nitrogen and oxygen atoms in total. The van der Waals surface area contributed by atoms with Gasteiger partial charge in [0.05, 0.1) is 30.3 Å². The molecule has 3 aromatic rings. The third-order valence-corrected chi connectivity index (χ3v) is 3.02. The molecule has 3 rings (SSSR count). The van der Waals surface area contributed by atoms with E-state index >= 15 is 0 Å². The molecule has 3 heterocycles. The molecule has 0 saturated heterocycles. The second-order valence-corrected chi connectivity index (χ2v) is 4.34. The van der Waals surface area contributed by atoms with Crippen LogP contribution in [0.15, 0.2) is 35.5 Å². The second kappa shape index (κ2) is 5.30. The maximum absolute atomic E-state index is 4.33. The van der Waals surface area contributed by atoms with Gasteiger partial charge < -0.3 is 0 Å². The van der Waals surface area contributed by atoms with Crippen molar-refractivity contribution in [2.24, 2.45) is 7.05 Å². The Morgan fingerprint density at radius 3 is 2.50 bits per heavy atom. The summed E-state index contributed by atoms with van der Waals surface area (Å²) in [4.78, 5) is 4.14. The molecule has 0 spiro atoms. The molecule has 0 unspecified atom stereocenters. The molecule has 0 aliphatic carbocycles. The number of fused-ring (bicyclic) bond motifs is 1. The van der Waals surface area contributed by atoms with Gasteiger partial charge in [-0.25, -0.2) is 4.68 Å². The Labute approximate surface area is 114 Å². The van der Waals surface area contributed by atoms with Crippen molar-refractivity contribution in [1.29, 1.82) is 0 Å². The van der Waals surface area contributed by atoms with Crippen LogP contribution in [0.5, 0.6) is 0 Å². The van der Waals surface area contributed by atoms with E-state index in [9.17, 15) is 0 Å². The van der Waals surface area contributed by atoms with Crippen LogP contribution in [0.3, 0.4) is 0 Å². The minimum absolute atomic E-state index is 0.928. The van der Waals surface area contributed by atoms with Crippen molar-refractivity contribution in [3.05, 3.63) is 35.5 Å². The maximum Gasteiger partial charge on any atom is 0.103 e. The molecular weight excluding hydrogens is 294 g/mol. The highest BCUT2D eigenvalue weighted by Crippen LogP contribution is 2.23. The number of halogens is 1. The van der Waals surface area contributed by atoms with Crippen molar-refractivity contribution in [3.8, 4) is 5.69 Å². The molecule has 0 aliphatic rings. The van der Waals surface area contributed by atoms with E-state index in [-0.39, 0.29) is 0 Å². The lowest BCUT2D eigenvalue weighted by atomic mass is 10.3. The van der Waals surface area contributed by atoms with Crippen LogP contribution in [0.1, 0.15) is 13.8 Å². The Kier molecular flexibility index (Phi) is 3.76. The van der Waals surface area contributed by atoms with Crippen molar-refractivity contribution in [2.45, 2.75) is 13.8 Å². The van der Waals surface area contributed by atoms with E-state index in [2.05, 4.69) is 31.1 Å². The summed E-state index contributed by atoms with van der Waals surface area (Å²) in [5.41, 5.74) is 1.89. The lowest BCUT2D eigenvalue weighted by molar-refractivity contribution is 0.766. The van der Waals surface area contributed by atoms with Gasteiger partial charge in [0.1, 0.15) is 5.69 Å². The molecule has 0 N–H and O–H groups in total. The molecular formula is C12H14BrN5. The van der Waals surface area contributed by atoms with E-state index in [4.69, 9.17) is 0 Å². The van der Waals surface area contributed by atoms with E-state index < -0.39 is 0 Å². The Balaban J connectivity index is 0.000000574. The average molecular weight is 308 g/mol. The summed E-state index contributed by atoms with van der Waals surface area (Å²) >= 11 is 3.45. The van der Waals surface area contributed by atoms with Gasteiger partial charge in [0.25, 0.3) is 0 Å². The number of aromatic nitrogens is 5. The van der Waals surface area contributed by atoms with Crippen LogP contribution in [0.25, 0.3) is 16.6 Å². The third-order valence-electron chi connectivity index (χ3n) is 2.38. The SMILES string of the molecule is CC.Cn1cc(-n2ncc3c(Br)cncc32)cn1. The number of pyridine rings is 1. The van der Waals surface area contributed by atoms with Gasteiger partial charge in [-0.2, -0.15) is 10.2 Å². The van der Waals surface area contributed by atoms with Crippen LogP contribution in [0, 0.1) is 0 Å². The highest BCUT2D eigenvalue weighted by Gasteiger charge is 2.08. The van der Waals surface area contributed by atoms with Crippen LogP contribution >= 0.6 is 15.9 Å². The van der Waals surface area contributed by atoms with E-state index in [0.29, 0.717) is 0 Å². The summed E-state index contributed by atoms with van der Waals surface area (Å²) in [5.74, 6) is 0. The predicted molar refractivity (Wildman–Crippen MR) is 74.7 cm³/mol. The van der Waals surface area contributed by atoms with Gasteiger partial charge in [-0.05, 0) is 15.9 Å². The van der Waals surface area contributed by atoms with Gasteiger partial charge in [0.2, 0.25) is 0 Å². The number of rotatable bonds is 1. The maximum atomic E-state index is 4.33. The highest BCUT2D eigenvalue weighted by atomic mass is 79.9. The first kappa shape index (κ1) is 12.8. The quantitative estimate of drug-likeness (QED) is 0.694. The first-order valence-corrected chi connectivity index (χ1v) is 6.51. The largest absolute Gasteiger partial charge is 0.274 e. The van der Waals surface area contributed by atoms with Gasteiger partial charge in [-0.1, -0.05) is 13.8 Å². The minimum Gasteiger partial charge on any atom is -0.274 e. The fourth-order valence-corrected chi connectivity index (χ4v) is 2.06. The van der Waals surface area contributed by atoms with E-state index in [0.717, 1.165) is 21.1 Å². The zero-order valence-electron chi connectivity index (χ0n) is 10.5. The Bertz CT molecular complexity index is 655. The first-order valence-electron chi connectivity index (χ1n) is 5.72. The zero-order valence-corrected chi connectivity index (χ0v) is 12.1. The van der Waals surface area contributed by atoms with Gasteiger partial charge in [0, 0.05) is 23.1 Å². The fraction of sp³-hybridized carbons (Fsp3) is 0.250. The molecule has 3 aromatic heterocycles. The Morgan fingerprint density at radius 1 is 1.06 bits per heavy atom. The molecule has 0 amide bonds. The molecule has 94 valence electrons. The molecule has 18 heavy (non-hydrogen) atoms. The number of aryl methyl sites for hydroxylation is 1. The van der Waals surface area contributed by atoms with E-state index in [1.54, 1.807) is 23.3 Å². The summed E-state index contributed by atoms with van der Waals surface area (Å²) in [5, 5.41) is 9.50.